The molecule has 1 aromatic rings. The van der Waals surface area contributed by atoms with Crippen LogP contribution in [0.15, 0.2) is 29.4 Å². The van der Waals surface area contributed by atoms with Crippen molar-refractivity contribution in [3.8, 4) is 0 Å². The summed E-state index contributed by atoms with van der Waals surface area (Å²) >= 11 is 4.41. The van der Waals surface area contributed by atoms with Gasteiger partial charge in [-0.3, -0.25) is 9.98 Å². The fourth-order valence-corrected chi connectivity index (χ4v) is 1.31. The Bertz CT molecular complexity index is 295. The summed E-state index contributed by atoms with van der Waals surface area (Å²) in [6, 6.07) is 5.75. The molecule has 0 spiro atoms. The molecule has 0 radical (unpaired) electrons. The molecule has 0 aliphatic carbocycles. The Morgan fingerprint density at radius 3 is 2.86 bits per heavy atom. The Labute approximate surface area is 88.8 Å². The highest BCUT2D eigenvalue weighted by atomic mass is 32.1. The Hall–Kier alpha value is -1.23. The van der Waals surface area contributed by atoms with Gasteiger partial charge in [-0.15, -0.1) is 0 Å². The first-order valence-electron chi connectivity index (χ1n) is 4.34. The second-order valence-corrected chi connectivity index (χ2v) is 3.49. The third-order valence-corrected chi connectivity index (χ3v) is 2.25. The smallest absolute Gasteiger partial charge is 0.185 e. The van der Waals surface area contributed by atoms with Crippen molar-refractivity contribution in [3.05, 3.63) is 30.1 Å². The van der Waals surface area contributed by atoms with E-state index in [4.69, 9.17) is 11.5 Å². The molecular weight excluding hydrogens is 196 g/mol. The minimum absolute atomic E-state index is 0.0827. The van der Waals surface area contributed by atoms with Gasteiger partial charge in [-0.05, 0) is 18.6 Å². The molecule has 0 amide bonds. The number of hydrogen-bond donors (Lipinski definition) is 3. The monoisotopic (exact) mass is 210 g/mol. The van der Waals surface area contributed by atoms with Crippen LogP contribution in [0.4, 0.5) is 0 Å². The average Bonchev–Trinajstić information content (AvgIpc) is 2.18. The number of nitrogens with two attached hydrogens (primary N) is 2. The fraction of sp³-hybridized carbons (Fsp3) is 0.333. The highest BCUT2D eigenvalue weighted by molar-refractivity contribution is 7.80. The predicted molar refractivity (Wildman–Crippen MR) is 61.3 cm³/mol. The molecule has 1 aromatic heterocycles. The number of guanidine groups is 1. The van der Waals surface area contributed by atoms with Gasteiger partial charge in [0.05, 0.1) is 5.69 Å². The lowest BCUT2D eigenvalue weighted by Gasteiger charge is -2.07. The van der Waals surface area contributed by atoms with Crippen LogP contribution in [0.3, 0.4) is 0 Å². The summed E-state index contributed by atoms with van der Waals surface area (Å²) in [5, 5.41) is 0.0827. The van der Waals surface area contributed by atoms with Crippen molar-refractivity contribution in [3.63, 3.8) is 0 Å². The SMILES string of the molecule is NC(N)=NCCC(S)c1ccccn1. The molecule has 0 saturated heterocycles. The van der Waals surface area contributed by atoms with E-state index in [1.165, 1.54) is 0 Å². The van der Waals surface area contributed by atoms with Gasteiger partial charge in [-0.25, -0.2) is 0 Å². The molecule has 1 unspecified atom stereocenters. The Morgan fingerprint density at radius 2 is 2.29 bits per heavy atom. The summed E-state index contributed by atoms with van der Waals surface area (Å²) in [5.41, 5.74) is 11.4. The number of rotatable bonds is 4. The van der Waals surface area contributed by atoms with Crippen LogP contribution >= 0.6 is 12.6 Å². The topological polar surface area (TPSA) is 77.3 Å². The van der Waals surface area contributed by atoms with Crippen molar-refractivity contribution in [1.29, 1.82) is 0 Å². The van der Waals surface area contributed by atoms with Crippen LogP contribution in [-0.2, 0) is 0 Å². The van der Waals surface area contributed by atoms with Crippen LogP contribution in [0.25, 0.3) is 0 Å². The molecule has 0 aromatic carbocycles. The largest absolute Gasteiger partial charge is 0.370 e. The summed E-state index contributed by atoms with van der Waals surface area (Å²) in [6.07, 6.45) is 2.52. The standard InChI is InChI=1S/C9H14N4S/c10-9(11)13-6-4-8(14)7-3-1-2-5-12-7/h1-3,5,8,14H,4,6H2,(H4,10,11,13). The van der Waals surface area contributed by atoms with Crippen molar-refractivity contribution >= 4 is 18.6 Å². The van der Waals surface area contributed by atoms with E-state index in [0.717, 1.165) is 12.1 Å². The fourth-order valence-electron chi connectivity index (χ4n) is 1.04. The van der Waals surface area contributed by atoms with E-state index in [1.54, 1.807) is 6.20 Å². The number of nitrogens with zero attached hydrogens (tertiary/aromatic N) is 2. The predicted octanol–water partition coefficient (Wildman–Crippen LogP) is 0.716. The zero-order valence-corrected chi connectivity index (χ0v) is 8.69. The minimum Gasteiger partial charge on any atom is -0.370 e. The molecule has 76 valence electrons. The van der Waals surface area contributed by atoms with Gasteiger partial charge in [0.25, 0.3) is 0 Å². The second kappa shape index (κ2) is 5.49. The number of thiol groups is 1. The number of pyridine rings is 1. The highest BCUT2D eigenvalue weighted by Gasteiger charge is 2.05. The van der Waals surface area contributed by atoms with Gasteiger partial charge in [-0.1, -0.05) is 6.07 Å². The van der Waals surface area contributed by atoms with Gasteiger partial charge < -0.3 is 11.5 Å². The van der Waals surface area contributed by atoms with Crippen LogP contribution < -0.4 is 11.5 Å². The van der Waals surface area contributed by atoms with Gasteiger partial charge in [-0.2, -0.15) is 12.6 Å². The molecule has 0 bridgehead atoms. The molecule has 4 N–H and O–H groups in total. The van der Waals surface area contributed by atoms with Gasteiger partial charge >= 0.3 is 0 Å². The van der Waals surface area contributed by atoms with Crippen LogP contribution in [0.1, 0.15) is 17.4 Å². The number of hydrogen-bond acceptors (Lipinski definition) is 3. The van der Waals surface area contributed by atoms with Crippen LogP contribution in [0, 0.1) is 0 Å². The van der Waals surface area contributed by atoms with Crippen molar-refractivity contribution < 1.29 is 0 Å². The second-order valence-electron chi connectivity index (χ2n) is 2.87. The third-order valence-electron chi connectivity index (χ3n) is 1.73. The minimum atomic E-state index is 0.0827. The lowest BCUT2D eigenvalue weighted by molar-refractivity contribution is 0.796. The van der Waals surface area contributed by atoms with Crippen LogP contribution in [0.5, 0.6) is 0 Å². The maximum atomic E-state index is 5.20. The van der Waals surface area contributed by atoms with E-state index in [1.807, 2.05) is 18.2 Å². The van der Waals surface area contributed by atoms with E-state index in [9.17, 15) is 0 Å². The van der Waals surface area contributed by atoms with Crippen molar-refractivity contribution in [2.75, 3.05) is 6.54 Å². The maximum Gasteiger partial charge on any atom is 0.185 e. The summed E-state index contributed by atoms with van der Waals surface area (Å²) in [5.74, 6) is 0.117. The lowest BCUT2D eigenvalue weighted by Crippen LogP contribution is -2.23. The molecular formula is C9H14N4S. The van der Waals surface area contributed by atoms with E-state index in [0.29, 0.717) is 6.54 Å². The molecule has 1 heterocycles. The first-order chi connectivity index (χ1) is 6.70. The molecule has 1 atom stereocenters. The Kier molecular flexibility index (Phi) is 4.25. The summed E-state index contributed by atoms with van der Waals surface area (Å²) in [7, 11) is 0. The van der Waals surface area contributed by atoms with Crippen LogP contribution in [0.2, 0.25) is 0 Å². The summed E-state index contributed by atoms with van der Waals surface area (Å²) in [4.78, 5) is 8.07. The van der Waals surface area contributed by atoms with E-state index >= 15 is 0 Å². The molecule has 4 nitrogen and oxygen atoms in total. The van der Waals surface area contributed by atoms with Gasteiger partial charge in [0.2, 0.25) is 0 Å². The van der Waals surface area contributed by atoms with Gasteiger partial charge in [0.1, 0.15) is 0 Å². The molecule has 0 saturated carbocycles. The number of aliphatic imine (C=N–C) groups is 1. The first-order valence-corrected chi connectivity index (χ1v) is 4.86. The third kappa shape index (κ3) is 3.66. The van der Waals surface area contributed by atoms with Crippen molar-refractivity contribution in [2.45, 2.75) is 11.7 Å². The van der Waals surface area contributed by atoms with Gasteiger partial charge in [0, 0.05) is 18.0 Å². The van der Waals surface area contributed by atoms with Crippen molar-refractivity contribution in [1.82, 2.24) is 4.98 Å². The molecule has 0 aliphatic rings. The zero-order valence-electron chi connectivity index (χ0n) is 7.80. The maximum absolute atomic E-state index is 5.20. The number of aromatic nitrogens is 1. The normalized spacial score (nSPS) is 12.1. The van der Waals surface area contributed by atoms with E-state index in [-0.39, 0.29) is 11.2 Å². The summed E-state index contributed by atoms with van der Waals surface area (Å²) < 4.78 is 0. The van der Waals surface area contributed by atoms with Crippen LogP contribution in [-0.4, -0.2) is 17.5 Å². The molecule has 14 heavy (non-hydrogen) atoms. The highest BCUT2D eigenvalue weighted by Crippen LogP contribution is 2.20. The molecule has 5 heteroatoms. The average molecular weight is 210 g/mol. The quantitative estimate of drug-likeness (QED) is 0.389. The Morgan fingerprint density at radius 1 is 1.50 bits per heavy atom. The molecule has 0 fully saturated rings. The molecule has 1 rings (SSSR count). The molecule has 0 aliphatic heterocycles. The lowest BCUT2D eigenvalue weighted by atomic mass is 10.2. The zero-order chi connectivity index (χ0) is 10.4. The van der Waals surface area contributed by atoms with E-state index in [2.05, 4.69) is 22.6 Å². The summed E-state index contributed by atoms with van der Waals surface area (Å²) in [6.45, 7) is 0.576. The first kappa shape index (κ1) is 10.8. The van der Waals surface area contributed by atoms with E-state index < -0.39 is 0 Å². The Balaban J connectivity index is 2.43. The van der Waals surface area contributed by atoms with Gasteiger partial charge in [0.15, 0.2) is 5.96 Å². The van der Waals surface area contributed by atoms with Crippen molar-refractivity contribution in [2.24, 2.45) is 16.5 Å².